The topological polar surface area (TPSA) is 93.7 Å². The second-order valence-electron chi connectivity index (χ2n) is 6.93. The first-order valence-corrected chi connectivity index (χ1v) is 11.3. The molecule has 7 nitrogen and oxygen atoms in total. The van der Waals surface area contributed by atoms with E-state index in [2.05, 4.69) is 10.0 Å². The monoisotopic (exact) mass is 458 g/mol. The SMILES string of the molecule is Cc1ccc(S(=O)(=O)Nc2ccc(Cl)c(C(=O)Nc3ccc4c(c3)OCCO4)c2)cc1. The van der Waals surface area contributed by atoms with Crippen LogP contribution in [0.15, 0.2) is 65.6 Å². The van der Waals surface area contributed by atoms with Gasteiger partial charge in [-0.1, -0.05) is 29.3 Å². The number of rotatable bonds is 5. The van der Waals surface area contributed by atoms with Crippen molar-refractivity contribution in [3.8, 4) is 11.5 Å². The second-order valence-corrected chi connectivity index (χ2v) is 9.02. The van der Waals surface area contributed by atoms with Crippen LogP contribution < -0.4 is 19.5 Å². The highest BCUT2D eigenvalue weighted by molar-refractivity contribution is 7.92. The fourth-order valence-electron chi connectivity index (χ4n) is 3.01. The summed E-state index contributed by atoms with van der Waals surface area (Å²) in [6.45, 7) is 2.77. The van der Waals surface area contributed by atoms with E-state index in [1.165, 1.54) is 30.3 Å². The summed E-state index contributed by atoms with van der Waals surface area (Å²) in [5.74, 6) is 0.655. The van der Waals surface area contributed by atoms with Crippen LogP contribution in [-0.4, -0.2) is 27.5 Å². The summed E-state index contributed by atoms with van der Waals surface area (Å²) < 4.78 is 38.7. The number of ether oxygens (including phenoxy) is 2. The first-order chi connectivity index (χ1) is 14.8. The summed E-state index contributed by atoms with van der Waals surface area (Å²) in [7, 11) is -3.81. The zero-order valence-corrected chi connectivity index (χ0v) is 18.1. The minimum absolute atomic E-state index is 0.121. The molecule has 0 spiro atoms. The predicted octanol–water partition coefficient (Wildman–Crippen LogP) is 4.47. The zero-order chi connectivity index (χ0) is 22.0. The number of anilines is 2. The summed E-state index contributed by atoms with van der Waals surface area (Å²) >= 11 is 6.20. The van der Waals surface area contributed by atoms with E-state index in [4.69, 9.17) is 21.1 Å². The molecule has 0 bridgehead atoms. The Morgan fingerprint density at radius 2 is 1.58 bits per heavy atom. The molecule has 1 aliphatic rings. The molecule has 9 heteroatoms. The quantitative estimate of drug-likeness (QED) is 0.588. The number of sulfonamides is 1. The van der Waals surface area contributed by atoms with Crippen molar-refractivity contribution < 1.29 is 22.7 Å². The molecule has 0 aliphatic carbocycles. The summed E-state index contributed by atoms with van der Waals surface area (Å²) in [4.78, 5) is 12.9. The van der Waals surface area contributed by atoms with Crippen LogP contribution in [0.4, 0.5) is 11.4 Å². The van der Waals surface area contributed by atoms with Gasteiger partial charge in [-0.25, -0.2) is 8.42 Å². The molecule has 0 unspecified atom stereocenters. The van der Waals surface area contributed by atoms with Gasteiger partial charge in [-0.2, -0.15) is 0 Å². The molecule has 1 amide bonds. The van der Waals surface area contributed by atoms with Crippen LogP contribution in [0.3, 0.4) is 0 Å². The zero-order valence-electron chi connectivity index (χ0n) is 16.5. The van der Waals surface area contributed by atoms with Gasteiger partial charge in [0.15, 0.2) is 11.5 Å². The van der Waals surface area contributed by atoms with Gasteiger partial charge in [0.2, 0.25) is 0 Å². The highest BCUT2D eigenvalue weighted by atomic mass is 35.5. The summed E-state index contributed by atoms with van der Waals surface area (Å²) in [6, 6.07) is 15.9. The van der Waals surface area contributed by atoms with E-state index in [1.54, 1.807) is 30.3 Å². The van der Waals surface area contributed by atoms with Crippen molar-refractivity contribution >= 4 is 38.9 Å². The third-order valence-electron chi connectivity index (χ3n) is 4.59. The average Bonchev–Trinajstić information content (AvgIpc) is 2.75. The number of hydrogen-bond donors (Lipinski definition) is 2. The van der Waals surface area contributed by atoms with Gasteiger partial charge in [0, 0.05) is 17.4 Å². The van der Waals surface area contributed by atoms with E-state index in [9.17, 15) is 13.2 Å². The Morgan fingerprint density at radius 3 is 2.32 bits per heavy atom. The molecule has 0 saturated carbocycles. The number of carbonyl (C=O) groups is 1. The van der Waals surface area contributed by atoms with E-state index in [-0.39, 0.29) is 21.2 Å². The number of aryl methyl sites for hydroxylation is 1. The smallest absolute Gasteiger partial charge is 0.261 e. The van der Waals surface area contributed by atoms with Crippen molar-refractivity contribution in [1.29, 1.82) is 0 Å². The molecule has 0 aromatic heterocycles. The second kappa shape index (κ2) is 8.49. The minimum Gasteiger partial charge on any atom is -0.486 e. The van der Waals surface area contributed by atoms with Crippen molar-refractivity contribution in [3.05, 3.63) is 76.8 Å². The van der Waals surface area contributed by atoms with Gasteiger partial charge in [-0.05, 0) is 49.4 Å². The van der Waals surface area contributed by atoms with Crippen molar-refractivity contribution in [3.63, 3.8) is 0 Å². The Morgan fingerprint density at radius 1 is 0.903 bits per heavy atom. The third-order valence-corrected chi connectivity index (χ3v) is 6.32. The van der Waals surface area contributed by atoms with Crippen LogP contribution in [0.2, 0.25) is 5.02 Å². The maximum absolute atomic E-state index is 12.8. The van der Waals surface area contributed by atoms with Crippen LogP contribution >= 0.6 is 11.6 Å². The van der Waals surface area contributed by atoms with Crippen LogP contribution in [0.25, 0.3) is 0 Å². The maximum Gasteiger partial charge on any atom is 0.261 e. The van der Waals surface area contributed by atoms with E-state index in [0.717, 1.165) is 5.56 Å². The molecule has 160 valence electrons. The van der Waals surface area contributed by atoms with Crippen LogP contribution in [0.5, 0.6) is 11.5 Å². The Hall–Kier alpha value is -3.23. The molecule has 3 aromatic rings. The van der Waals surface area contributed by atoms with E-state index < -0.39 is 15.9 Å². The first-order valence-electron chi connectivity index (χ1n) is 9.42. The molecule has 1 aliphatic heterocycles. The molecule has 0 atom stereocenters. The Kier molecular flexibility index (Phi) is 5.75. The summed E-state index contributed by atoms with van der Waals surface area (Å²) in [6.07, 6.45) is 0. The van der Waals surface area contributed by atoms with Crippen LogP contribution in [0, 0.1) is 6.92 Å². The van der Waals surface area contributed by atoms with Gasteiger partial charge >= 0.3 is 0 Å². The highest BCUT2D eigenvalue weighted by Crippen LogP contribution is 2.33. The van der Waals surface area contributed by atoms with E-state index >= 15 is 0 Å². The lowest BCUT2D eigenvalue weighted by molar-refractivity contribution is 0.102. The summed E-state index contributed by atoms with van der Waals surface area (Å²) in [5.41, 5.74) is 1.79. The van der Waals surface area contributed by atoms with Gasteiger partial charge in [0.25, 0.3) is 15.9 Å². The van der Waals surface area contributed by atoms with Crippen LogP contribution in [-0.2, 0) is 10.0 Å². The predicted molar refractivity (Wildman–Crippen MR) is 119 cm³/mol. The van der Waals surface area contributed by atoms with Gasteiger partial charge in [-0.3, -0.25) is 9.52 Å². The third kappa shape index (κ3) is 4.76. The molecular formula is C22H19ClN2O5S. The van der Waals surface area contributed by atoms with E-state index in [1.807, 2.05) is 6.92 Å². The lowest BCUT2D eigenvalue weighted by atomic mass is 10.1. The molecule has 0 fully saturated rings. The molecule has 1 heterocycles. The van der Waals surface area contributed by atoms with Crippen LogP contribution in [0.1, 0.15) is 15.9 Å². The molecule has 0 saturated heterocycles. The van der Waals surface area contributed by atoms with Gasteiger partial charge in [0.05, 0.1) is 15.5 Å². The van der Waals surface area contributed by atoms with Gasteiger partial charge < -0.3 is 14.8 Å². The van der Waals surface area contributed by atoms with Gasteiger partial charge in [0.1, 0.15) is 13.2 Å². The number of halogens is 1. The van der Waals surface area contributed by atoms with Crippen molar-refractivity contribution in [2.24, 2.45) is 0 Å². The highest BCUT2D eigenvalue weighted by Gasteiger charge is 2.18. The number of amides is 1. The average molecular weight is 459 g/mol. The normalized spacial score (nSPS) is 12.8. The summed E-state index contributed by atoms with van der Waals surface area (Å²) in [5, 5.41) is 2.93. The Labute approximate surface area is 185 Å². The number of benzene rings is 3. The number of nitrogens with one attached hydrogen (secondary N) is 2. The Balaban J connectivity index is 1.54. The lowest BCUT2D eigenvalue weighted by Gasteiger charge is -2.19. The van der Waals surface area contributed by atoms with Crippen molar-refractivity contribution in [2.45, 2.75) is 11.8 Å². The largest absolute Gasteiger partial charge is 0.486 e. The van der Waals surface area contributed by atoms with E-state index in [0.29, 0.717) is 30.4 Å². The molecule has 0 radical (unpaired) electrons. The fraction of sp³-hybridized carbons (Fsp3) is 0.136. The molecule has 4 rings (SSSR count). The lowest BCUT2D eigenvalue weighted by Crippen LogP contribution is -2.17. The molecule has 31 heavy (non-hydrogen) atoms. The molecular weight excluding hydrogens is 440 g/mol. The maximum atomic E-state index is 12.8. The number of fused-ring (bicyclic) bond motifs is 1. The molecule has 2 N–H and O–H groups in total. The minimum atomic E-state index is -3.81. The number of carbonyl (C=O) groups excluding carboxylic acids is 1. The van der Waals surface area contributed by atoms with Crippen molar-refractivity contribution in [2.75, 3.05) is 23.3 Å². The number of hydrogen-bond acceptors (Lipinski definition) is 5. The van der Waals surface area contributed by atoms with Crippen molar-refractivity contribution in [1.82, 2.24) is 0 Å². The van der Waals surface area contributed by atoms with Gasteiger partial charge in [-0.15, -0.1) is 0 Å². The Bertz CT molecular complexity index is 1240. The standard InChI is InChI=1S/C22H19ClN2O5S/c1-14-2-6-17(7-3-14)31(27,28)25-16-4-8-19(23)18(12-16)22(26)24-15-5-9-20-21(13-15)30-11-10-29-20/h2-9,12-13,25H,10-11H2,1H3,(H,24,26). The fourth-order valence-corrected chi connectivity index (χ4v) is 4.27. The first kappa shape index (κ1) is 21.0. The molecule has 3 aromatic carbocycles.